The molecule has 2 aliphatic rings. The third-order valence-corrected chi connectivity index (χ3v) is 6.20. The Hall–Kier alpha value is -1.43. The topological polar surface area (TPSA) is 53.0 Å². The van der Waals surface area contributed by atoms with Crippen LogP contribution in [0.25, 0.3) is 0 Å². The first-order valence-corrected chi connectivity index (χ1v) is 10.3. The second kappa shape index (κ2) is 9.18. The van der Waals surface area contributed by atoms with Crippen LogP contribution in [0.1, 0.15) is 48.4 Å². The van der Waals surface area contributed by atoms with Gasteiger partial charge < -0.3 is 9.84 Å². The Morgan fingerprint density at radius 1 is 1.11 bits per heavy atom. The zero-order chi connectivity index (χ0) is 19.4. The number of hydrogen-bond acceptors (Lipinski definition) is 4. The van der Waals surface area contributed by atoms with Gasteiger partial charge in [-0.25, -0.2) is 0 Å². The van der Waals surface area contributed by atoms with Gasteiger partial charge in [-0.3, -0.25) is 14.6 Å². The Morgan fingerprint density at radius 2 is 1.78 bits per heavy atom. The van der Waals surface area contributed by atoms with E-state index in [2.05, 4.69) is 42.7 Å². The lowest BCUT2D eigenvalue weighted by molar-refractivity contribution is -0.140. The lowest BCUT2D eigenvalue weighted by Crippen LogP contribution is -2.46. The van der Waals surface area contributed by atoms with Crippen LogP contribution in [0.2, 0.25) is 0 Å². The number of carboxylic acid groups (broad SMARTS) is 1. The molecule has 3 rings (SSSR count). The molecule has 1 aromatic carbocycles. The molecular formula is C22H34N2O3. The number of ether oxygens (including phenoxy) is 1. The van der Waals surface area contributed by atoms with E-state index in [1.807, 2.05) is 0 Å². The van der Waals surface area contributed by atoms with Crippen molar-refractivity contribution in [2.45, 2.75) is 59.2 Å². The van der Waals surface area contributed by atoms with E-state index in [1.165, 1.54) is 48.2 Å². The van der Waals surface area contributed by atoms with Crippen LogP contribution in [-0.2, 0) is 22.6 Å². The third-order valence-electron chi connectivity index (χ3n) is 6.20. The third kappa shape index (κ3) is 5.53. The van der Waals surface area contributed by atoms with E-state index >= 15 is 0 Å². The number of aryl methyl sites for hydroxylation is 2. The molecule has 0 aliphatic carbocycles. The smallest absolute Gasteiger partial charge is 0.305 e. The molecule has 5 nitrogen and oxygen atoms in total. The Bertz CT molecular complexity index is 653. The molecule has 2 fully saturated rings. The molecule has 0 bridgehead atoms. The van der Waals surface area contributed by atoms with Gasteiger partial charge in [0.2, 0.25) is 0 Å². The summed E-state index contributed by atoms with van der Waals surface area (Å²) in [6.45, 7) is 12.9. The van der Waals surface area contributed by atoms with Gasteiger partial charge in [-0.2, -0.15) is 0 Å². The summed E-state index contributed by atoms with van der Waals surface area (Å²) in [4.78, 5) is 16.0. The molecule has 0 spiro atoms. The van der Waals surface area contributed by atoms with Gasteiger partial charge in [-0.05, 0) is 68.0 Å². The number of piperidine rings is 1. The summed E-state index contributed by atoms with van der Waals surface area (Å²) in [6.07, 6.45) is 2.73. The van der Waals surface area contributed by atoms with Crippen LogP contribution in [-0.4, -0.2) is 59.8 Å². The quantitative estimate of drug-likeness (QED) is 0.829. The molecule has 0 aromatic heterocycles. The first-order chi connectivity index (χ1) is 12.9. The molecule has 1 aromatic rings. The van der Waals surface area contributed by atoms with Crippen molar-refractivity contribution in [2.75, 3.05) is 32.8 Å². The van der Waals surface area contributed by atoms with Crippen molar-refractivity contribution < 1.29 is 14.6 Å². The standard InChI is InChI=1S/C22H34N2O3/c1-16-4-6-23(7-5-16)13-19-11-20(18(3)10-17(19)2)14-24-8-9-27-15-21(24)12-22(25)26/h10-11,16,21H,4-9,12-15H2,1-3H3,(H,25,26). The van der Waals surface area contributed by atoms with Crippen LogP contribution < -0.4 is 0 Å². The van der Waals surface area contributed by atoms with Crippen LogP contribution in [0.15, 0.2) is 12.1 Å². The van der Waals surface area contributed by atoms with E-state index in [4.69, 9.17) is 4.74 Å². The van der Waals surface area contributed by atoms with Gasteiger partial charge in [-0.15, -0.1) is 0 Å². The Labute approximate surface area is 163 Å². The highest BCUT2D eigenvalue weighted by Crippen LogP contribution is 2.24. The second-order valence-electron chi connectivity index (χ2n) is 8.46. The van der Waals surface area contributed by atoms with E-state index in [1.54, 1.807) is 0 Å². The Balaban J connectivity index is 1.71. The van der Waals surface area contributed by atoms with Crippen LogP contribution >= 0.6 is 0 Å². The molecule has 2 heterocycles. The van der Waals surface area contributed by atoms with Crippen LogP contribution in [0.4, 0.5) is 0 Å². The minimum absolute atomic E-state index is 0.0380. The fourth-order valence-corrected chi connectivity index (χ4v) is 4.26. The van der Waals surface area contributed by atoms with Gasteiger partial charge in [0.1, 0.15) is 0 Å². The molecule has 1 unspecified atom stereocenters. The highest BCUT2D eigenvalue weighted by Gasteiger charge is 2.26. The monoisotopic (exact) mass is 374 g/mol. The normalized spacial score (nSPS) is 22.9. The summed E-state index contributed by atoms with van der Waals surface area (Å²) >= 11 is 0. The van der Waals surface area contributed by atoms with E-state index in [0.29, 0.717) is 13.2 Å². The molecule has 0 radical (unpaired) electrons. The average molecular weight is 375 g/mol. The predicted molar refractivity (Wildman–Crippen MR) is 107 cm³/mol. The molecule has 1 atom stereocenters. The number of carboxylic acids is 1. The van der Waals surface area contributed by atoms with E-state index in [9.17, 15) is 9.90 Å². The fraction of sp³-hybridized carbons (Fsp3) is 0.682. The van der Waals surface area contributed by atoms with Gasteiger partial charge >= 0.3 is 5.97 Å². The largest absolute Gasteiger partial charge is 0.481 e. The number of morpholine rings is 1. The molecule has 0 amide bonds. The van der Waals surface area contributed by atoms with Crippen molar-refractivity contribution in [2.24, 2.45) is 5.92 Å². The zero-order valence-corrected chi connectivity index (χ0v) is 17.0. The molecule has 2 aliphatic heterocycles. The highest BCUT2D eigenvalue weighted by molar-refractivity contribution is 5.67. The average Bonchev–Trinajstić information content (AvgIpc) is 2.62. The predicted octanol–water partition coefficient (Wildman–Crippen LogP) is 3.21. The maximum absolute atomic E-state index is 11.2. The summed E-state index contributed by atoms with van der Waals surface area (Å²) in [5.41, 5.74) is 5.38. The van der Waals surface area contributed by atoms with Gasteiger partial charge in [0, 0.05) is 25.7 Å². The highest BCUT2D eigenvalue weighted by atomic mass is 16.5. The number of nitrogens with zero attached hydrogens (tertiary/aromatic N) is 2. The van der Waals surface area contributed by atoms with Gasteiger partial charge in [0.05, 0.1) is 19.6 Å². The first kappa shape index (κ1) is 20.3. The number of benzene rings is 1. The number of likely N-dealkylation sites (tertiary alicyclic amines) is 1. The summed E-state index contributed by atoms with van der Waals surface area (Å²) in [7, 11) is 0. The number of hydrogen-bond donors (Lipinski definition) is 1. The zero-order valence-electron chi connectivity index (χ0n) is 17.0. The summed E-state index contributed by atoms with van der Waals surface area (Å²) in [5, 5.41) is 9.20. The number of aliphatic carboxylic acids is 1. The molecule has 2 saturated heterocycles. The van der Waals surface area contributed by atoms with Crippen LogP contribution in [0, 0.1) is 19.8 Å². The minimum atomic E-state index is -0.754. The van der Waals surface area contributed by atoms with Crippen molar-refractivity contribution in [1.82, 2.24) is 9.80 Å². The van der Waals surface area contributed by atoms with E-state index < -0.39 is 5.97 Å². The molecule has 5 heteroatoms. The SMILES string of the molecule is Cc1cc(C)c(CN2CCOCC2CC(=O)O)cc1CN1CCC(C)CC1. The van der Waals surface area contributed by atoms with E-state index in [0.717, 1.165) is 25.6 Å². The van der Waals surface area contributed by atoms with Crippen molar-refractivity contribution in [3.8, 4) is 0 Å². The van der Waals surface area contributed by atoms with Gasteiger partial charge in [0.15, 0.2) is 0 Å². The number of carbonyl (C=O) groups is 1. The molecule has 1 N–H and O–H groups in total. The lowest BCUT2D eigenvalue weighted by Gasteiger charge is -2.35. The first-order valence-electron chi connectivity index (χ1n) is 10.3. The minimum Gasteiger partial charge on any atom is -0.481 e. The molecule has 150 valence electrons. The van der Waals surface area contributed by atoms with Crippen molar-refractivity contribution in [3.63, 3.8) is 0 Å². The number of rotatable bonds is 6. The van der Waals surface area contributed by atoms with Gasteiger partial charge in [-0.1, -0.05) is 19.1 Å². The van der Waals surface area contributed by atoms with Gasteiger partial charge in [0.25, 0.3) is 0 Å². The second-order valence-corrected chi connectivity index (χ2v) is 8.46. The maximum atomic E-state index is 11.2. The molecular weight excluding hydrogens is 340 g/mol. The summed E-state index contributed by atoms with van der Waals surface area (Å²) in [6, 6.07) is 4.61. The van der Waals surface area contributed by atoms with E-state index in [-0.39, 0.29) is 12.5 Å². The maximum Gasteiger partial charge on any atom is 0.305 e. The van der Waals surface area contributed by atoms with Crippen molar-refractivity contribution >= 4 is 5.97 Å². The van der Waals surface area contributed by atoms with Crippen LogP contribution in [0.3, 0.4) is 0 Å². The summed E-state index contributed by atoms with van der Waals surface area (Å²) in [5.74, 6) is 0.0968. The van der Waals surface area contributed by atoms with Crippen molar-refractivity contribution in [3.05, 3.63) is 34.4 Å². The Morgan fingerprint density at radius 3 is 2.44 bits per heavy atom. The lowest BCUT2D eigenvalue weighted by atomic mass is 9.96. The molecule has 0 saturated carbocycles. The fourth-order valence-electron chi connectivity index (χ4n) is 4.26. The Kier molecular flexibility index (Phi) is 6.90. The summed E-state index contributed by atoms with van der Waals surface area (Å²) < 4.78 is 5.52. The van der Waals surface area contributed by atoms with Crippen LogP contribution in [0.5, 0.6) is 0 Å². The van der Waals surface area contributed by atoms with Crippen molar-refractivity contribution in [1.29, 1.82) is 0 Å². The molecule has 27 heavy (non-hydrogen) atoms.